The van der Waals surface area contributed by atoms with Crippen LogP contribution in [-0.2, 0) is 4.79 Å². The average Bonchev–Trinajstić information content (AvgIpc) is 3.32. The summed E-state index contributed by atoms with van der Waals surface area (Å²) in [5.74, 6) is 2.22. The molecule has 2 saturated carbocycles. The molecule has 3 aromatic rings. The zero-order chi connectivity index (χ0) is 19.1. The number of rotatable bonds is 4. The van der Waals surface area contributed by atoms with Crippen molar-refractivity contribution in [2.24, 2.45) is 17.8 Å². The highest BCUT2D eigenvalue weighted by Gasteiger charge is 2.40. The minimum Gasteiger partial charge on any atom is -0.463 e. The minimum absolute atomic E-state index is 0.0905. The molecule has 0 N–H and O–H groups in total. The summed E-state index contributed by atoms with van der Waals surface area (Å²) in [5, 5.41) is 0.481. The zero-order valence-electron chi connectivity index (χ0n) is 15.6. The van der Waals surface area contributed by atoms with E-state index < -0.39 is 0 Å². The summed E-state index contributed by atoms with van der Waals surface area (Å²) in [5.41, 5.74) is 1.68. The Hall–Kier alpha value is -2.88. The molecular formula is C24H22O4. The Kier molecular flexibility index (Phi) is 4.27. The van der Waals surface area contributed by atoms with E-state index in [1.807, 2.05) is 30.3 Å². The van der Waals surface area contributed by atoms with E-state index in [4.69, 9.17) is 9.15 Å². The van der Waals surface area contributed by atoms with Crippen molar-refractivity contribution < 1.29 is 13.9 Å². The highest BCUT2D eigenvalue weighted by molar-refractivity contribution is 5.83. The second kappa shape index (κ2) is 6.93. The smallest absolute Gasteiger partial charge is 0.311 e. The van der Waals surface area contributed by atoms with Gasteiger partial charge in [0.15, 0.2) is 5.43 Å². The molecule has 2 aliphatic carbocycles. The third kappa shape index (κ3) is 3.13. The predicted octanol–water partition coefficient (Wildman–Crippen LogP) is 5.19. The first kappa shape index (κ1) is 17.2. The van der Waals surface area contributed by atoms with E-state index in [2.05, 4.69) is 0 Å². The van der Waals surface area contributed by atoms with Crippen molar-refractivity contribution in [3.63, 3.8) is 0 Å². The third-order valence-corrected chi connectivity index (χ3v) is 6.38. The molecule has 4 heteroatoms. The largest absolute Gasteiger partial charge is 0.463 e. The van der Waals surface area contributed by atoms with Crippen molar-refractivity contribution in [3.05, 3.63) is 65.0 Å². The predicted molar refractivity (Wildman–Crippen MR) is 107 cm³/mol. The molecule has 2 bridgehead atoms. The Bertz CT molecular complexity index is 1080. The molecule has 0 aliphatic heterocycles. The molecular weight excluding hydrogens is 352 g/mol. The molecule has 142 valence electrons. The quantitative estimate of drug-likeness (QED) is 0.466. The molecule has 2 aromatic carbocycles. The maximum atomic E-state index is 12.8. The van der Waals surface area contributed by atoms with Crippen LogP contribution in [0.15, 0.2) is 64.0 Å². The maximum Gasteiger partial charge on any atom is 0.311 e. The lowest BCUT2D eigenvalue weighted by Gasteiger charge is -2.20. The van der Waals surface area contributed by atoms with Crippen LogP contribution in [0.2, 0.25) is 0 Å². The summed E-state index contributed by atoms with van der Waals surface area (Å²) >= 11 is 0. The number of esters is 1. The lowest BCUT2D eigenvalue weighted by atomic mass is 9.86. The number of carbonyl (C=O) groups excluding carboxylic acids is 1. The summed E-state index contributed by atoms with van der Waals surface area (Å²) in [6.45, 7) is 0. The number of hydrogen-bond acceptors (Lipinski definition) is 4. The molecule has 3 atom stereocenters. The maximum absolute atomic E-state index is 12.8. The molecule has 1 heterocycles. The standard InChI is InChI=1S/C24H22O4/c25-23(12-18-11-15-6-7-17(18)10-15)28-19-8-9-20-22(13-19)27-14-21(24(20)26)16-4-2-1-3-5-16/h1-5,8-9,13-15,17-18H,6-7,10-12H2/t15-,17+,18+/m0/s1. The second-order valence-electron chi connectivity index (χ2n) is 8.12. The number of carbonyl (C=O) groups is 1. The minimum atomic E-state index is -0.194. The van der Waals surface area contributed by atoms with Crippen molar-refractivity contribution >= 4 is 16.9 Å². The van der Waals surface area contributed by atoms with Gasteiger partial charge >= 0.3 is 5.97 Å². The van der Waals surface area contributed by atoms with E-state index in [1.54, 1.807) is 18.2 Å². The van der Waals surface area contributed by atoms with Gasteiger partial charge in [-0.15, -0.1) is 0 Å². The van der Waals surface area contributed by atoms with E-state index >= 15 is 0 Å². The second-order valence-corrected chi connectivity index (χ2v) is 8.12. The molecule has 4 nitrogen and oxygen atoms in total. The van der Waals surface area contributed by atoms with Crippen molar-refractivity contribution in [2.75, 3.05) is 0 Å². The van der Waals surface area contributed by atoms with Gasteiger partial charge in [-0.05, 0) is 54.7 Å². The highest BCUT2D eigenvalue weighted by atomic mass is 16.5. The number of ether oxygens (including phenoxy) is 1. The van der Waals surface area contributed by atoms with Gasteiger partial charge in [-0.2, -0.15) is 0 Å². The van der Waals surface area contributed by atoms with Gasteiger partial charge in [-0.3, -0.25) is 9.59 Å². The van der Waals surface area contributed by atoms with Crippen molar-refractivity contribution in [1.82, 2.24) is 0 Å². The summed E-state index contributed by atoms with van der Waals surface area (Å²) in [7, 11) is 0. The van der Waals surface area contributed by atoms with Crippen LogP contribution in [0.5, 0.6) is 5.75 Å². The Morgan fingerprint density at radius 2 is 1.93 bits per heavy atom. The van der Waals surface area contributed by atoms with Crippen LogP contribution >= 0.6 is 0 Å². The summed E-state index contributed by atoms with van der Waals surface area (Å²) in [6.07, 6.45) is 6.98. The molecule has 0 saturated heterocycles. The van der Waals surface area contributed by atoms with Gasteiger partial charge in [0, 0.05) is 12.5 Å². The van der Waals surface area contributed by atoms with Crippen molar-refractivity contribution in [3.8, 4) is 16.9 Å². The summed E-state index contributed by atoms with van der Waals surface area (Å²) in [4.78, 5) is 25.2. The first-order chi connectivity index (χ1) is 13.7. The summed E-state index contributed by atoms with van der Waals surface area (Å²) in [6, 6.07) is 14.4. The van der Waals surface area contributed by atoms with Crippen LogP contribution in [0.1, 0.15) is 32.1 Å². The van der Waals surface area contributed by atoms with Crippen LogP contribution < -0.4 is 10.2 Å². The van der Waals surface area contributed by atoms with Crippen LogP contribution in [-0.4, -0.2) is 5.97 Å². The molecule has 1 aromatic heterocycles. The average molecular weight is 374 g/mol. The van der Waals surface area contributed by atoms with Crippen LogP contribution in [0, 0.1) is 17.8 Å². The fraction of sp³-hybridized carbons (Fsp3) is 0.333. The molecule has 0 unspecified atom stereocenters. The molecule has 28 heavy (non-hydrogen) atoms. The van der Waals surface area contributed by atoms with E-state index in [0.717, 1.165) is 17.9 Å². The topological polar surface area (TPSA) is 56.5 Å². The zero-order valence-corrected chi connectivity index (χ0v) is 15.6. The Balaban J connectivity index is 1.35. The van der Waals surface area contributed by atoms with Gasteiger partial charge < -0.3 is 9.15 Å². The van der Waals surface area contributed by atoms with E-state index in [1.165, 1.54) is 25.5 Å². The monoisotopic (exact) mass is 374 g/mol. The summed E-state index contributed by atoms with van der Waals surface area (Å²) < 4.78 is 11.2. The van der Waals surface area contributed by atoms with Gasteiger partial charge in [0.05, 0.1) is 10.9 Å². The molecule has 0 spiro atoms. The SMILES string of the molecule is O=C(C[C@H]1C[C@H]2CC[C@@H]1C2)Oc1ccc2c(=O)c(-c3ccccc3)coc2c1. The number of hydrogen-bond donors (Lipinski definition) is 0. The highest BCUT2D eigenvalue weighted by Crippen LogP contribution is 2.49. The normalized spacial score (nSPS) is 23.2. The van der Waals surface area contributed by atoms with E-state index in [9.17, 15) is 9.59 Å². The van der Waals surface area contributed by atoms with Crippen LogP contribution in [0.25, 0.3) is 22.1 Å². The van der Waals surface area contributed by atoms with Gasteiger partial charge in [-0.1, -0.05) is 36.8 Å². The fourth-order valence-corrected chi connectivity index (χ4v) is 5.00. The van der Waals surface area contributed by atoms with Gasteiger partial charge in [0.25, 0.3) is 0 Å². The van der Waals surface area contributed by atoms with Gasteiger partial charge in [0.1, 0.15) is 17.6 Å². The van der Waals surface area contributed by atoms with Gasteiger partial charge in [-0.25, -0.2) is 0 Å². The Morgan fingerprint density at radius 1 is 1.07 bits per heavy atom. The molecule has 2 fully saturated rings. The number of fused-ring (bicyclic) bond motifs is 3. The fourth-order valence-electron chi connectivity index (χ4n) is 5.00. The lowest BCUT2D eigenvalue weighted by Crippen LogP contribution is -2.18. The van der Waals surface area contributed by atoms with E-state index in [-0.39, 0.29) is 11.4 Å². The van der Waals surface area contributed by atoms with Gasteiger partial charge in [0.2, 0.25) is 0 Å². The van der Waals surface area contributed by atoms with Crippen molar-refractivity contribution in [1.29, 1.82) is 0 Å². The first-order valence-corrected chi connectivity index (χ1v) is 9.99. The molecule has 5 rings (SSSR count). The first-order valence-electron chi connectivity index (χ1n) is 9.99. The Morgan fingerprint density at radius 3 is 2.68 bits per heavy atom. The van der Waals surface area contributed by atoms with Crippen LogP contribution in [0.3, 0.4) is 0 Å². The van der Waals surface area contributed by atoms with E-state index in [0.29, 0.717) is 40.5 Å². The molecule has 0 amide bonds. The third-order valence-electron chi connectivity index (χ3n) is 6.38. The Labute approximate surface area is 163 Å². The molecule has 0 radical (unpaired) electrons. The molecule has 2 aliphatic rings. The van der Waals surface area contributed by atoms with Crippen molar-refractivity contribution in [2.45, 2.75) is 32.1 Å². The number of benzene rings is 2. The van der Waals surface area contributed by atoms with Crippen LogP contribution in [0.4, 0.5) is 0 Å². The lowest BCUT2D eigenvalue weighted by molar-refractivity contribution is -0.135.